The van der Waals surface area contributed by atoms with Gasteiger partial charge in [-0.05, 0) is 278 Å². The van der Waals surface area contributed by atoms with Gasteiger partial charge < -0.3 is 77.8 Å². The Morgan fingerprint density at radius 1 is 0.372 bits per heavy atom. The van der Waals surface area contributed by atoms with Gasteiger partial charge in [0.05, 0.1) is 78.7 Å². The predicted octanol–water partition coefficient (Wildman–Crippen LogP) is 17.9. The van der Waals surface area contributed by atoms with Crippen molar-refractivity contribution in [2.24, 2.45) is 41.4 Å². The molecule has 16 fully saturated rings. The molecule has 5 aromatic rings. The molecule has 5 aromatic carbocycles. The highest BCUT2D eigenvalue weighted by molar-refractivity contribution is 7.00. The molecule has 816 valence electrons. The quantitative estimate of drug-likeness (QED) is 0.0667. The van der Waals surface area contributed by atoms with Gasteiger partial charge in [0.15, 0.2) is 0 Å². The van der Waals surface area contributed by atoms with Crippen molar-refractivity contribution in [2.45, 2.75) is 409 Å². The van der Waals surface area contributed by atoms with Crippen molar-refractivity contribution in [2.75, 3.05) is 53.0 Å². The fourth-order valence-corrected chi connectivity index (χ4v) is 37.3. The van der Waals surface area contributed by atoms with E-state index in [1.807, 2.05) is 97.8 Å². The third-order valence-electron chi connectivity index (χ3n) is 33.0. The van der Waals surface area contributed by atoms with Crippen LogP contribution in [0.3, 0.4) is 0 Å². The van der Waals surface area contributed by atoms with E-state index < -0.39 is 87.4 Å². The first-order chi connectivity index (χ1) is 69.4. The molecule has 16 heterocycles. The number of piperidine rings is 10. The Balaban J connectivity index is 0.000000140. The number of carboxylic acid groups (broad SMARTS) is 1. The largest absolute Gasteiger partial charge is 0.481 e. The van der Waals surface area contributed by atoms with Crippen molar-refractivity contribution in [3.8, 4) is 0 Å². The smallest absolute Gasteiger partial charge is 0.410 e. The number of carbonyl (C=O) groups excluding carboxylic acids is 6. The normalized spacial score (nSPS) is 31.2. The molecule has 32 heteroatoms. The number of alkyl halides is 3. The highest BCUT2D eigenvalue weighted by Gasteiger charge is 2.68. The summed E-state index contributed by atoms with van der Waals surface area (Å²) in [4.78, 5) is 99.7. The number of ether oxygens (including phenoxy) is 7. The van der Waals surface area contributed by atoms with Crippen LogP contribution in [0.5, 0.6) is 0 Å². The van der Waals surface area contributed by atoms with Crippen LogP contribution >= 0.6 is 0 Å². The maximum atomic E-state index is 13.9. The van der Waals surface area contributed by atoms with Gasteiger partial charge in [0.25, 0.3) is 22.6 Å². The van der Waals surface area contributed by atoms with Crippen LogP contribution in [-0.4, -0.2) is 295 Å². The Morgan fingerprint density at radius 3 is 0.993 bits per heavy atom. The lowest BCUT2D eigenvalue weighted by Crippen LogP contribution is -2.69. The molecule has 25 atom stereocenters. The van der Waals surface area contributed by atoms with E-state index in [0.29, 0.717) is 72.8 Å². The summed E-state index contributed by atoms with van der Waals surface area (Å²) in [5.41, 5.74) is -1.25. The summed E-state index contributed by atoms with van der Waals surface area (Å²) < 4.78 is 92.8. The zero-order valence-electron chi connectivity index (χ0n) is 92.5. The Labute approximate surface area is 879 Å². The molecule has 15 bridgehead atoms. The number of nitrogens with one attached hydrogen (secondary N) is 3. The van der Waals surface area contributed by atoms with Gasteiger partial charge >= 0.3 is 36.6 Å². The van der Waals surface area contributed by atoms with Crippen molar-refractivity contribution < 1.29 is 93.8 Å². The zero-order chi connectivity index (χ0) is 107. The fraction of sp³-hybridized carbons (Fsp3) is 0.681. The predicted molar refractivity (Wildman–Crippen MR) is 572 cm³/mol. The number of halogens is 3. The van der Waals surface area contributed by atoms with Crippen LogP contribution in [0, 0.1) is 41.4 Å². The number of benzene rings is 5. The molecule has 0 radical (unpaired) electrons. The van der Waals surface area contributed by atoms with Crippen LogP contribution in [0.1, 0.15) is 255 Å². The van der Waals surface area contributed by atoms with Gasteiger partial charge in [0, 0.05) is 71.0 Å². The average molecular weight is 2090 g/mol. The van der Waals surface area contributed by atoms with Crippen molar-refractivity contribution in [1.82, 2.24) is 50.2 Å². The number of carbonyl (C=O) groups is 7. The van der Waals surface area contributed by atoms with E-state index in [-0.39, 0.29) is 107 Å². The Kier molecular flexibility index (Phi) is 34.3. The van der Waals surface area contributed by atoms with Crippen LogP contribution < -0.4 is 36.7 Å². The van der Waals surface area contributed by atoms with Gasteiger partial charge in [-0.3, -0.25) is 29.2 Å². The maximum Gasteiger partial charge on any atom is 0.410 e. The Hall–Kier alpha value is -8.71. The molecule has 4 N–H and O–H groups in total. The van der Waals surface area contributed by atoms with E-state index in [2.05, 4.69) is 233 Å². The van der Waals surface area contributed by atoms with Gasteiger partial charge in [0.2, 0.25) is 5.91 Å². The van der Waals surface area contributed by atoms with Crippen LogP contribution in [0.15, 0.2) is 152 Å². The minimum absolute atomic E-state index is 0.0176. The second-order valence-electron chi connectivity index (χ2n) is 51.6. The fourth-order valence-electron chi connectivity index (χ4n) is 27.8. The lowest BCUT2D eigenvalue weighted by Gasteiger charge is -2.47. The molecule has 16 saturated heterocycles. The van der Waals surface area contributed by atoms with Crippen LogP contribution in [0.2, 0.25) is 10.1 Å². The van der Waals surface area contributed by atoms with E-state index >= 15 is 0 Å². The van der Waals surface area contributed by atoms with Gasteiger partial charge in [-0.25, -0.2) is 24.0 Å². The van der Waals surface area contributed by atoms with Crippen molar-refractivity contribution in [3.05, 3.63) is 157 Å². The second kappa shape index (κ2) is 44.8. The third-order valence-corrected chi connectivity index (χ3v) is 43.1. The Bertz CT molecular complexity index is 5160. The second-order valence-corrected chi connectivity index (χ2v) is 60.1. The highest BCUT2D eigenvalue weighted by atomic mass is 28.4. The molecule has 12 unspecified atom stereocenters. The van der Waals surface area contributed by atoms with Crippen molar-refractivity contribution >= 4 is 79.7 Å². The minimum atomic E-state index is -4.56. The number of methoxy groups -OCH3 is 1. The first-order valence-electron chi connectivity index (χ1n) is 54.7. The average Bonchev–Trinajstić information content (AvgIpc) is 1.50. The number of likely N-dealkylation sites (tertiary alicyclic amines) is 2. The third kappa shape index (κ3) is 25.0. The summed E-state index contributed by atoms with van der Waals surface area (Å²) in [6.45, 7) is 55.6. The summed E-state index contributed by atoms with van der Waals surface area (Å²) in [6, 6.07) is 55.7. The van der Waals surface area contributed by atoms with E-state index in [9.17, 15) is 41.9 Å². The molecule has 0 aromatic heterocycles. The van der Waals surface area contributed by atoms with Gasteiger partial charge in [-0.2, -0.15) is 13.2 Å². The monoisotopic (exact) mass is 2090 g/mol. The standard InChI is InChI=1S/C36H46N2O3Si.C29H40N2O3Si.C17H25F3N2O4.2C14H24N2O2.C4H8O.C2H4O2/c1-35(2,3)40-34(39)38-30-22-27-23-31(38)33(32(30)37(25-27)24-26-16-10-7-11-17-26)41-42(36(4,5)6,28-18-12-8-13-19-28)29-20-14-9-15-21-29;1-28(2,3)33-27(32)31-23-17-20-18-24(31)26(25(23)30-19-20)34-35(29(4,5)6,21-13-9-7-10-14-21)22-15-11-8-12-16-22;1-16(2,3)26-15(24)22-10-5-9-6-11(22)14(25-4)13(10)21(8-9)12(23)7-17(18,19)20;2*1-8-10-5-9-6-11(12(8)15-7-9)16(10)13(17)18-14(2,3)4;1-2-4-5-3-1;1-2(3)4/h7-21,27,30-33H,22-25H2,1-6H3;7-16,20,23-26,30H,17-19H2,1-6H3;9-11,13-14H,5-8H2,1-4H3;2*8-12,15H,5-7H2,1-4H3;1-4H2;1H3,(H,3,4)/t27?,30?,31?,32?,33-;20?,23?,24?,25?,26-;9?,10-,11+,13?,14+;8-,9-,10?,11+,12-;8-,9-,10-,11?,12+;;/m00110../s1. The molecule has 0 saturated carbocycles. The molecular weight excluding hydrogens is 1920 g/mol. The molecule has 27 nitrogen and oxygen atoms in total. The van der Waals surface area contributed by atoms with Crippen LogP contribution in [-0.2, 0) is 58.1 Å². The number of aliphatic carboxylic acids is 1. The molecule has 148 heavy (non-hydrogen) atoms. The topological polar surface area (TPSA) is 282 Å². The lowest BCUT2D eigenvalue weighted by molar-refractivity contribution is -0.167. The summed E-state index contributed by atoms with van der Waals surface area (Å²) >= 11 is 0. The summed E-state index contributed by atoms with van der Waals surface area (Å²) in [6.07, 6.45) is 4.44. The van der Waals surface area contributed by atoms with E-state index in [1.165, 1.54) is 51.2 Å². The highest BCUT2D eigenvalue weighted by Crippen LogP contribution is 2.55. The molecule has 16 aliphatic rings. The molecule has 0 aliphatic carbocycles. The molecule has 16 aliphatic heterocycles. The van der Waals surface area contributed by atoms with E-state index in [0.717, 1.165) is 116 Å². The van der Waals surface area contributed by atoms with Crippen molar-refractivity contribution in [1.29, 1.82) is 0 Å². The number of rotatable bonds is 12. The number of hydrogen-bond acceptors (Lipinski definition) is 20. The summed E-state index contributed by atoms with van der Waals surface area (Å²) in [5, 5.41) is 23.3. The summed E-state index contributed by atoms with van der Waals surface area (Å²) in [7, 11) is -4.13. The van der Waals surface area contributed by atoms with Gasteiger partial charge in [0.1, 0.15) is 40.5 Å². The van der Waals surface area contributed by atoms with Crippen LogP contribution in [0.25, 0.3) is 0 Å². The van der Waals surface area contributed by atoms with Crippen LogP contribution in [0.4, 0.5) is 37.1 Å². The van der Waals surface area contributed by atoms with E-state index in [1.54, 1.807) is 25.7 Å². The zero-order valence-corrected chi connectivity index (χ0v) is 94.5. The first kappa shape index (κ1) is 113. The molecular formula is C116H171F3N10O17Si2. The van der Waals surface area contributed by atoms with Crippen molar-refractivity contribution in [3.63, 3.8) is 0 Å². The first-order valence-corrected chi connectivity index (χ1v) is 58.5. The number of fused-ring (bicyclic) bond motifs is 10. The summed E-state index contributed by atoms with van der Waals surface area (Å²) in [5.74, 6) is 1.99. The number of hydrogen-bond donors (Lipinski definition) is 4. The SMILES string of the molecule is C1CCOC1.CC(=O)O.CC(C)(C)OC(=O)N1C2CC3CC1[C@H](O[Si](c1ccccc1)(c1ccccc1)C(C)(C)C)C2N(Cc1ccccc1)C3.CC(C)(C)OC(=O)N1C2CC3CNC2[C@@H](O[Si](c2ccccc2)(c2ccccc2)C(C)(C)C)C1C3.CO[C@@H]1C2[C@H]3CC(C[C@@H]1N3C(=O)OC(C)(C)C)CN2C(=O)CC(F)(F)F.C[C@@H]1C2C[C@H]3CN[C@H]1[C@H](C3)N2C(=O)OC(C)(C)C.C[C@@H]1[C@H]2NC[C@@H]3CC2N(C(=O)OC(C)(C)C)[C@H]1C3. The van der Waals surface area contributed by atoms with Gasteiger partial charge in [-0.1, -0.05) is 207 Å². The number of amides is 6. The Morgan fingerprint density at radius 2 is 0.655 bits per heavy atom. The lowest BCUT2D eigenvalue weighted by atomic mass is 9.86. The minimum Gasteiger partial charge on any atom is -0.481 e. The molecule has 0 spiro atoms. The molecule has 6 amide bonds. The van der Waals surface area contributed by atoms with E-state index in [4.69, 9.17) is 51.9 Å². The van der Waals surface area contributed by atoms with Gasteiger partial charge in [-0.15, -0.1) is 0 Å². The number of nitrogens with zero attached hydrogens (tertiary/aromatic N) is 7. The maximum absolute atomic E-state index is 13.9. The molecule has 21 rings (SSSR count). The number of carboxylic acids is 1.